The molecule has 0 aliphatic heterocycles. The van der Waals surface area contributed by atoms with Crippen molar-refractivity contribution < 1.29 is 9.53 Å². The topological polar surface area (TPSA) is 63.6 Å². The number of carbonyl (C=O) groups excluding carboxylic acids is 1. The minimum atomic E-state index is -0.312. The zero-order chi connectivity index (χ0) is 20.9. The Hall–Kier alpha value is -3.70. The molecule has 1 aromatic heterocycles. The fraction of sp³-hybridized carbons (Fsp3) is 0.0417. The number of ether oxygens (including phenoxy) is 1. The van der Waals surface area contributed by atoms with Gasteiger partial charge < -0.3 is 4.74 Å². The number of carbonyl (C=O) groups is 1. The third-order valence-corrected chi connectivity index (χ3v) is 4.85. The number of nitrogens with zero attached hydrogens (tertiary/aromatic N) is 2. The largest absolute Gasteiger partial charge is 0.497 e. The number of amides is 1. The lowest BCUT2D eigenvalue weighted by atomic mass is 10.0. The molecule has 0 aliphatic rings. The highest BCUT2D eigenvalue weighted by Gasteiger charge is 2.13. The van der Waals surface area contributed by atoms with E-state index in [4.69, 9.17) is 16.3 Å². The summed E-state index contributed by atoms with van der Waals surface area (Å²) >= 11 is 5.99. The first-order chi connectivity index (χ1) is 14.6. The maximum atomic E-state index is 12.9. The highest BCUT2D eigenvalue weighted by molar-refractivity contribution is 6.30. The third kappa shape index (κ3) is 4.31. The number of methoxy groups -OCH3 is 1. The number of hydrazone groups is 1. The van der Waals surface area contributed by atoms with Crippen molar-refractivity contribution in [2.75, 3.05) is 7.11 Å². The Kier molecular flexibility index (Phi) is 5.72. The molecule has 1 heterocycles. The highest BCUT2D eigenvalue weighted by Crippen LogP contribution is 2.26. The van der Waals surface area contributed by atoms with Gasteiger partial charge in [-0.1, -0.05) is 41.9 Å². The summed E-state index contributed by atoms with van der Waals surface area (Å²) in [6.45, 7) is 0. The van der Waals surface area contributed by atoms with Crippen LogP contribution in [-0.4, -0.2) is 24.2 Å². The summed E-state index contributed by atoms with van der Waals surface area (Å²) in [5, 5.41) is 5.49. The molecular weight excluding hydrogens is 398 g/mol. The number of halogens is 1. The fourth-order valence-electron chi connectivity index (χ4n) is 3.05. The van der Waals surface area contributed by atoms with Crippen LogP contribution in [0.15, 0.2) is 84.0 Å². The van der Waals surface area contributed by atoms with Crippen molar-refractivity contribution in [2.24, 2.45) is 5.10 Å². The first-order valence-corrected chi connectivity index (χ1v) is 9.65. The van der Waals surface area contributed by atoms with E-state index in [9.17, 15) is 4.79 Å². The van der Waals surface area contributed by atoms with Crippen LogP contribution in [0, 0.1) is 0 Å². The third-order valence-electron chi connectivity index (χ3n) is 4.60. The summed E-state index contributed by atoms with van der Waals surface area (Å²) in [5.41, 5.74) is 6.25. The monoisotopic (exact) mass is 415 g/mol. The summed E-state index contributed by atoms with van der Waals surface area (Å²) < 4.78 is 5.14. The van der Waals surface area contributed by atoms with Crippen molar-refractivity contribution in [3.8, 4) is 17.0 Å². The second kappa shape index (κ2) is 8.76. The smallest absolute Gasteiger partial charge is 0.272 e. The van der Waals surface area contributed by atoms with Gasteiger partial charge in [0.25, 0.3) is 5.91 Å². The van der Waals surface area contributed by atoms with Gasteiger partial charge in [-0.15, -0.1) is 0 Å². The van der Waals surface area contributed by atoms with Crippen molar-refractivity contribution in [3.05, 3.63) is 95.0 Å². The Bertz CT molecular complexity index is 1220. The summed E-state index contributed by atoms with van der Waals surface area (Å²) in [6.07, 6.45) is 1.58. The second-order valence-electron chi connectivity index (χ2n) is 6.55. The first-order valence-electron chi connectivity index (χ1n) is 9.27. The van der Waals surface area contributed by atoms with Crippen LogP contribution in [0.3, 0.4) is 0 Å². The van der Waals surface area contributed by atoms with Gasteiger partial charge >= 0.3 is 0 Å². The lowest BCUT2D eigenvalue weighted by molar-refractivity contribution is 0.0956. The molecule has 30 heavy (non-hydrogen) atoms. The summed E-state index contributed by atoms with van der Waals surface area (Å²) in [5.74, 6) is 0.447. The van der Waals surface area contributed by atoms with E-state index in [0.29, 0.717) is 16.3 Å². The number of hydrogen-bond donors (Lipinski definition) is 1. The average molecular weight is 416 g/mol. The molecule has 1 N–H and O–H groups in total. The van der Waals surface area contributed by atoms with Gasteiger partial charge in [0, 0.05) is 16.0 Å². The number of hydrogen-bond acceptors (Lipinski definition) is 4. The molecule has 0 bridgehead atoms. The van der Waals surface area contributed by atoms with E-state index in [1.54, 1.807) is 31.5 Å². The van der Waals surface area contributed by atoms with Gasteiger partial charge in [-0.25, -0.2) is 10.4 Å². The van der Waals surface area contributed by atoms with Crippen molar-refractivity contribution in [1.29, 1.82) is 0 Å². The number of fused-ring (bicyclic) bond motifs is 1. The van der Waals surface area contributed by atoms with Crippen molar-refractivity contribution in [2.45, 2.75) is 0 Å². The predicted molar refractivity (Wildman–Crippen MR) is 120 cm³/mol. The van der Waals surface area contributed by atoms with Gasteiger partial charge in [-0.2, -0.15) is 5.10 Å². The van der Waals surface area contributed by atoms with Crippen LogP contribution < -0.4 is 10.2 Å². The van der Waals surface area contributed by atoms with E-state index in [2.05, 4.69) is 15.5 Å². The molecular formula is C24H18ClN3O2. The van der Waals surface area contributed by atoms with Crippen LogP contribution in [0.2, 0.25) is 5.02 Å². The molecule has 4 aromatic rings. The van der Waals surface area contributed by atoms with Gasteiger partial charge in [0.2, 0.25) is 0 Å². The maximum Gasteiger partial charge on any atom is 0.272 e. The normalized spacial score (nSPS) is 11.0. The maximum absolute atomic E-state index is 12.9. The van der Waals surface area contributed by atoms with Gasteiger partial charge in [0.05, 0.1) is 30.1 Å². The van der Waals surface area contributed by atoms with Crippen LogP contribution in [0.25, 0.3) is 22.2 Å². The molecule has 0 radical (unpaired) electrons. The van der Waals surface area contributed by atoms with E-state index in [-0.39, 0.29) is 5.91 Å². The van der Waals surface area contributed by atoms with Gasteiger partial charge in [0.15, 0.2) is 0 Å². The summed E-state index contributed by atoms with van der Waals surface area (Å²) in [6, 6.07) is 24.0. The van der Waals surface area contributed by atoms with Gasteiger partial charge in [-0.05, 0) is 54.1 Å². The molecule has 1 amide bonds. The number of para-hydroxylation sites is 1. The number of aromatic nitrogens is 1. The SMILES string of the molecule is COc1ccc(/C=N\NC(=O)c2cc(-c3ccc(Cl)cc3)nc3ccccc23)cc1. The van der Waals surface area contributed by atoms with E-state index in [1.807, 2.05) is 60.7 Å². The van der Waals surface area contributed by atoms with Crippen molar-refractivity contribution >= 4 is 34.6 Å². The summed E-state index contributed by atoms with van der Waals surface area (Å²) in [4.78, 5) is 17.6. The zero-order valence-corrected chi connectivity index (χ0v) is 16.9. The molecule has 0 spiro atoms. The molecule has 0 fully saturated rings. The minimum absolute atomic E-state index is 0.312. The lowest BCUT2D eigenvalue weighted by Crippen LogP contribution is -2.18. The highest BCUT2D eigenvalue weighted by atomic mass is 35.5. The van der Waals surface area contributed by atoms with Crippen LogP contribution in [0.1, 0.15) is 15.9 Å². The van der Waals surface area contributed by atoms with Crippen LogP contribution in [0.5, 0.6) is 5.75 Å². The van der Waals surface area contributed by atoms with E-state index < -0.39 is 0 Å². The van der Waals surface area contributed by atoms with Crippen LogP contribution in [0.4, 0.5) is 0 Å². The van der Waals surface area contributed by atoms with E-state index >= 15 is 0 Å². The number of pyridine rings is 1. The van der Waals surface area contributed by atoms with Crippen molar-refractivity contribution in [3.63, 3.8) is 0 Å². The molecule has 0 saturated heterocycles. The molecule has 148 valence electrons. The van der Waals surface area contributed by atoms with E-state index in [1.165, 1.54) is 0 Å². The number of rotatable bonds is 5. The standard InChI is InChI=1S/C24H18ClN3O2/c1-30-19-12-6-16(7-13-19)15-26-28-24(29)21-14-23(17-8-10-18(25)11-9-17)27-22-5-3-2-4-20(21)22/h2-15H,1H3,(H,28,29)/b26-15-. The van der Waals surface area contributed by atoms with E-state index in [0.717, 1.165) is 27.8 Å². The number of benzene rings is 3. The predicted octanol–water partition coefficient (Wildman–Crippen LogP) is 5.33. The van der Waals surface area contributed by atoms with Gasteiger partial charge in [0.1, 0.15) is 5.75 Å². The quantitative estimate of drug-likeness (QED) is 0.354. The first kappa shape index (κ1) is 19.6. The average Bonchev–Trinajstić information content (AvgIpc) is 2.79. The fourth-order valence-corrected chi connectivity index (χ4v) is 3.17. The molecule has 0 unspecified atom stereocenters. The Labute approximate surface area is 179 Å². The van der Waals surface area contributed by atoms with Crippen molar-refractivity contribution in [1.82, 2.24) is 10.4 Å². The van der Waals surface area contributed by atoms with Crippen LogP contribution in [-0.2, 0) is 0 Å². The summed E-state index contributed by atoms with van der Waals surface area (Å²) in [7, 11) is 1.61. The Balaban J connectivity index is 1.63. The Morgan fingerprint density at radius 1 is 1.03 bits per heavy atom. The zero-order valence-electron chi connectivity index (χ0n) is 16.2. The molecule has 0 saturated carbocycles. The molecule has 3 aromatic carbocycles. The number of nitrogens with one attached hydrogen (secondary N) is 1. The molecule has 0 aliphatic carbocycles. The molecule has 4 rings (SSSR count). The lowest BCUT2D eigenvalue weighted by Gasteiger charge is -2.09. The molecule has 6 heteroatoms. The Morgan fingerprint density at radius 3 is 2.50 bits per heavy atom. The van der Waals surface area contributed by atoms with Gasteiger partial charge in [-0.3, -0.25) is 4.79 Å². The van der Waals surface area contributed by atoms with Crippen LogP contribution >= 0.6 is 11.6 Å². The Morgan fingerprint density at radius 2 is 1.77 bits per heavy atom. The molecule has 5 nitrogen and oxygen atoms in total. The molecule has 0 atom stereocenters. The minimum Gasteiger partial charge on any atom is -0.497 e. The second-order valence-corrected chi connectivity index (χ2v) is 6.99.